The van der Waals surface area contributed by atoms with Crippen LogP contribution in [0.25, 0.3) is 0 Å². The monoisotopic (exact) mass is 409 g/mol. The van der Waals surface area contributed by atoms with Crippen molar-refractivity contribution in [2.45, 2.75) is 25.9 Å². The molecule has 0 aliphatic carbocycles. The molecule has 2 aromatic rings. The molecule has 3 rings (SSSR count). The molecule has 1 fully saturated rings. The number of nitrogens with zero attached hydrogens (tertiary/aromatic N) is 1. The highest BCUT2D eigenvalue weighted by Gasteiger charge is 2.35. The number of rotatable bonds is 8. The average Bonchev–Trinajstić information content (AvgIpc) is 3.28. The second-order valence-corrected chi connectivity index (χ2v) is 9.59. The molecule has 0 saturated carbocycles. The largest absolute Gasteiger partial charge is 0.490 e. The summed E-state index contributed by atoms with van der Waals surface area (Å²) in [5.41, 5.74) is 0. The van der Waals surface area contributed by atoms with Crippen molar-refractivity contribution < 1.29 is 22.7 Å². The lowest BCUT2D eigenvalue weighted by Gasteiger charge is -2.28. The summed E-state index contributed by atoms with van der Waals surface area (Å²) < 4.78 is 35.0. The second kappa shape index (κ2) is 8.75. The first kappa shape index (κ1) is 19.7. The van der Waals surface area contributed by atoms with Gasteiger partial charge in [-0.2, -0.15) is 0 Å². The van der Waals surface area contributed by atoms with E-state index in [0.717, 1.165) is 4.88 Å². The molecule has 27 heavy (non-hydrogen) atoms. The minimum absolute atomic E-state index is 0.0135. The minimum atomic E-state index is -3.09. The predicted molar refractivity (Wildman–Crippen MR) is 105 cm³/mol. The predicted octanol–water partition coefficient (Wildman–Crippen LogP) is 2.74. The quantitative estimate of drug-likeness (QED) is 0.670. The third-order valence-corrected chi connectivity index (χ3v) is 6.99. The van der Waals surface area contributed by atoms with E-state index < -0.39 is 9.84 Å². The summed E-state index contributed by atoms with van der Waals surface area (Å²) in [7, 11) is -3.09. The van der Waals surface area contributed by atoms with Gasteiger partial charge in [0.2, 0.25) is 0 Å². The Balaban J connectivity index is 1.71. The van der Waals surface area contributed by atoms with E-state index in [-0.39, 0.29) is 30.1 Å². The Morgan fingerprint density at radius 1 is 1.19 bits per heavy atom. The fraction of sp³-hybridized carbons (Fsp3) is 0.421. The molecule has 0 radical (unpaired) electrons. The van der Waals surface area contributed by atoms with Crippen LogP contribution < -0.4 is 9.47 Å². The van der Waals surface area contributed by atoms with Gasteiger partial charge in [-0.3, -0.25) is 4.79 Å². The lowest BCUT2D eigenvalue weighted by atomic mass is 10.2. The zero-order chi connectivity index (χ0) is 19.3. The number of carbonyl (C=O) groups is 1. The van der Waals surface area contributed by atoms with Crippen LogP contribution in [-0.2, 0) is 21.2 Å². The van der Waals surface area contributed by atoms with Gasteiger partial charge in [-0.05, 0) is 36.9 Å². The fourth-order valence-electron chi connectivity index (χ4n) is 3.08. The highest BCUT2D eigenvalue weighted by atomic mass is 32.2. The van der Waals surface area contributed by atoms with Gasteiger partial charge in [-0.15, -0.1) is 11.3 Å². The van der Waals surface area contributed by atoms with Gasteiger partial charge in [-0.25, -0.2) is 8.42 Å². The Morgan fingerprint density at radius 3 is 2.52 bits per heavy atom. The van der Waals surface area contributed by atoms with E-state index in [0.29, 0.717) is 31.1 Å². The SMILES string of the molecule is CCOc1ccccc1OCC(=O)N(Cc1cccs1)[C@@H]1CCS(=O)(=O)C1. The third-order valence-electron chi connectivity index (χ3n) is 4.38. The summed E-state index contributed by atoms with van der Waals surface area (Å²) in [5, 5.41) is 1.94. The van der Waals surface area contributed by atoms with E-state index in [9.17, 15) is 13.2 Å². The zero-order valence-electron chi connectivity index (χ0n) is 15.2. The lowest BCUT2D eigenvalue weighted by Crippen LogP contribution is -2.42. The molecule has 1 atom stereocenters. The normalized spacial score (nSPS) is 18.2. The number of thiophene rings is 1. The highest BCUT2D eigenvalue weighted by molar-refractivity contribution is 7.91. The van der Waals surface area contributed by atoms with Crippen molar-refractivity contribution in [2.75, 3.05) is 24.7 Å². The Labute approximate surface area is 163 Å². The first-order valence-corrected chi connectivity index (χ1v) is 11.6. The summed E-state index contributed by atoms with van der Waals surface area (Å²) in [5.74, 6) is 1.00. The molecule has 1 aromatic heterocycles. The molecule has 1 amide bonds. The van der Waals surface area contributed by atoms with Crippen LogP contribution in [0.15, 0.2) is 41.8 Å². The van der Waals surface area contributed by atoms with Gasteiger partial charge >= 0.3 is 0 Å². The van der Waals surface area contributed by atoms with Gasteiger partial charge in [0, 0.05) is 10.9 Å². The first-order valence-electron chi connectivity index (χ1n) is 8.85. The van der Waals surface area contributed by atoms with Crippen molar-refractivity contribution in [3.8, 4) is 11.5 Å². The van der Waals surface area contributed by atoms with E-state index in [1.54, 1.807) is 28.4 Å². The number of para-hydroxylation sites is 2. The molecule has 0 bridgehead atoms. The van der Waals surface area contributed by atoms with E-state index in [1.165, 1.54) is 0 Å². The number of amides is 1. The molecule has 1 saturated heterocycles. The maximum absolute atomic E-state index is 12.9. The Bertz CT molecular complexity index is 864. The zero-order valence-corrected chi connectivity index (χ0v) is 16.8. The molecule has 6 nitrogen and oxygen atoms in total. The smallest absolute Gasteiger partial charge is 0.261 e. The van der Waals surface area contributed by atoms with E-state index in [1.807, 2.05) is 36.6 Å². The van der Waals surface area contributed by atoms with Crippen molar-refractivity contribution in [3.63, 3.8) is 0 Å². The van der Waals surface area contributed by atoms with Gasteiger partial charge in [0.05, 0.1) is 24.7 Å². The van der Waals surface area contributed by atoms with Crippen LogP contribution in [0.5, 0.6) is 11.5 Å². The molecule has 1 aliphatic heterocycles. The van der Waals surface area contributed by atoms with Crippen LogP contribution in [0, 0.1) is 0 Å². The molecule has 0 spiro atoms. The van der Waals surface area contributed by atoms with Crippen LogP contribution >= 0.6 is 11.3 Å². The summed E-state index contributed by atoms with van der Waals surface area (Å²) in [6.07, 6.45) is 0.467. The van der Waals surface area contributed by atoms with Crippen LogP contribution in [0.3, 0.4) is 0 Å². The summed E-state index contributed by atoms with van der Waals surface area (Å²) in [6.45, 7) is 2.61. The molecule has 1 aromatic carbocycles. The Kier molecular flexibility index (Phi) is 6.38. The number of sulfone groups is 1. The third kappa shape index (κ3) is 5.23. The molecule has 146 valence electrons. The summed E-state index contributed by atoms with van der Waals surface area (Å²) in [6, 6.07) is 10.7. The van der Waals surface area contributed by atoms with Gasteiger partial charge in [0.1, 0.15) is 0 Å². The van der Waals surface area contributed by atoms with E-state index in [4.69, 9.17) is 9.47 Å². The number of carbonyl (C=O) groups excluding carboxylic acids is 1. The number of benzene rings is 1. The molecule has 0 unspecified atom stereocenters. The van der Waals surface area contributed by atoms with Gasteiger partial charge < -0.3 is 14.4 Å². The number of ether oxygens (including phenoxy) is 2. The van der Waals surface area contributed by atoms with Gasteiger partial charge in [-0.1, -0.05) is 18.2 Å². The van der Waals surface area contributed by atoms with Crippen molar-refractivity contribution in [1.29, 1.82) is 0 Å². The second-order valence-electron chi connectivity index (χ2n) is 6.33. The molecule has 1 aliphatic rings. The topological polar surface area (TPSA) is 72.9 Å². The number of hydrogen-bond donors (Lipinski definition) is 0. The first-order chi connectivity index (χ1) is 13.0. The van der Waals surface area contributed by atoms with E-state index >= 15 is 0 Å². The van der Waals surface area contributed by atoms with Crippen molar-refractivity contribution in [2.24, 2.45) is 0 Å². The molecule has 2 heterocycles. The highest BCUT2D eigenvalue weighted by Crippen LogP contribution is 2.27. The van der Waals surface area contributed by atoms with Crippen LogP contribution in [-0.4, -0.2) is 50.0 Å². The molecular weight excluding hydrogens is 386 g/mol. The molecular formula is C19H23NO5S2. The van der Waals surface area contributed by atoms with Gasteiger partial charge in [0.25, 0.3) is 5.91 Å². The Morgan fingerprint density at radius 2 is 1.93 bits per heavy atom. The maximum atomic E-state index is 12.9. The molecule has 0 N–H and O–H groups in total. The van der Waals surface area contributed by atoms with Gasteiger partial charge in [0.15, 0.2) is 27.9 Å². The Hall–Kier alpha value is -2.06. The maximum Gasteiger partial charge on any atom is 0.261 e. The summed E-state index contributed by atoms with van der Waals surface area (Å²) in [4.78, 5) is 15.5. The van der Waals surface area contributed by atoms with E-state index in [2.05, 4.69) is 0 Å². The average molecular weight is 410 g/mol. The fourth-order valence-corrected chi connectivity index (χ4v) is 5.51. The lowest BCUT2D eigenvalue weighted by molar-refractivity contribution is -0.135. The molecule has 8 heteroatoms. The van der Waals surface area contributed by atoms with Crippen molar-refractivity contribution in [3.05, 3.63) is 46.7 Å². The van der Waals surface area contributed by atoms with Crippen LogP contribution in [0.1, 0.15) is 18.2 Å². The number of hydrogen-bond acceptors (Lipinski definition) is 6. The van der Waals surface area contributed by atoms with Crippen molar-refractivity contribution >= 4 is 27.1 Å². The van der Waals surface area contributed by atoms with Crippen LogP contribution in [0.4, 0.5) is 0 Å². The van der Waals surface area contributed by atoms with Crippen LogP contribution in [0.2, 0.25) is 0 Å². The summed E-state index contributed by atoms with van der Waals surface area (Å²) >= 11 is 1.55. The van der Waals surface area contributed by atoms with Crippen molar-refractivity contribution in [1.82, 2.24) is 4.90 Å². The standard InChI is InChI=1S/C19H23NO5S2/c1-2-24-17-7-3-4-8-18(17)25-13-19(21)20(12-16-6-5-10-26-16)15-9-11-27(22,23)14-15/h3-8,10,15H,2,9,11-14H2,1H3/t15-/m1/s1. The minimum Gasteiger partial charge on any atom is -0.490 e.